The van der Waals surface area contributed by atoms with Crippen molar-refractivity contribution in [3.05, 3.63) is 108 Å². The average Bonchev–Trinajstić information content (AvgIpc) is 3.16. The van der Waals surface area contributed by atoms with Crippen LogP contribution in [0.4, 0.5) is 4.53 Å². The summed E-state index contributed by atoms with van der Waals surface area (Å²) in [4.78, 5) is 43.4. The fraction of sp³-hybridized carbons (Fsp3) is 0.192. The van der Waals surface area contributed by atoms with Crippen molar-refractivity contribution in [3.8, 4) is 0 Å². The number of Topliss-reactive ketones (excluding diaryl/α,β-unsaturated/α-hetero) is 3. The van der Waals surface area contributed by atoms with E-state index in [2.05, 4.69) is 4.94 Å². The third kappa shape index (κ3) is 3.99. The molecule has 0 radical (unpaired) electrons. The van der Waals surface area contributed by atoms with Crippen LogP contribution in [0.2, 0.25) is 0 Å². The number of hydrogen-bond acceptors (Lipinski definition) is 8. The number of aliphatic hydroxyl groups excluding tert-OH is 2. The second-order valence-electron chi connectivity index (χ2n) is 8.08. The van der Waals surface area contributed by atoms with Crippen molar-refractivity contribution in [1.82, 2.24) is 0 Å². The summed E-state index contributed by atoms with van der Waals surface area (Å²) >= 11 is 0. The summed E-state index contributed by atoms with van der Waals surface area (Å²) in [6.45, 7) is 0. The van der Waals surface area contributed by atoms with Gasteiger partial charge in [0, 0.05) is 16.7 Å². The molecular weight excluding hydrogens is 459 g/mol. The standard InChI is InChI=1S/C26H21FO8/c27-35-26(22(31)18-14-8-3-9-15-18)24(32)25(33,21(30)17-12-6-2-7-13-17)23(34-26)20(29)19(28)16-10-4-1-5-11-16/h1-15,20,23-24,29,32-33H/t20?,23-,24+,25-,26-/m0/s1. The lowest BCUT2D eigenvalue weighted by atomic mass is 9.78. The van der Waals surface area contributed by atoms with E-state index >= 15 is 0 Å². The molecule has 3 aromatic carbocycles. The lowest BCUT2D eigenvalue weighted by molar-refractivity contribution is -0.331. The highest BCUT2D eigenvalue weighted by molar-refractivity contribution is 6.09. The summed E-state index contributed by atoms with van der Waals surface area (Å²) < 4.78 is 19.5. The van der Waals surface area contributed by atoms with Gasteiger partial charge in [-0.25, -0.2) is 0 Å². The molecule has 1 saturated heterocycles. The molecule has 0 aromatic heterocycles. The molecule has 1 fully saturated rings. The Labute approximate surface area is 199 Å². The predicted octanol–water partition coefficient (Wildman–Crippen LogP) is 2.08. The molecule has 0 bridgehead atoms. The van der Waals surface area contributed by atoms with Crippen molar-refractivity contribution in [3.63, 3.8) is 0 Å². The number of rotatable bonds is 8. The van der Waals surface area contributed by atoms with E-state index in [9.17, 15) is 34.2 Å². The lowest BCUT2D eigenvalue weighted by Crippen LogP contribution is -2.61. The zero-order valence-corrected chi connectivity index (χ0v) is 18.2. The Balaban J connectivity index is 1.84. The van der Waals surface area contributed by atoms with Crippen LogP contribution in [0.15, 0.2) is 91.0 Å². The molecule has 0 spiro atoms. The fourth-order valence-electron chi connectivity index (χ4n) is 4.14. The van der Waals surface area contributed by atoms with Crippen molar-refractivity contribution in [2.45, 2.75) is 29.7 Å². The summed E-state index contributed by atoms with van der Waals surface area (Å²) in [7, 11) is 0. The minimum atomic E-state index is -3.25. The first-order valence-electron chi connectivity index (χ1n) is 10.6. The first-order chi connectivity index (χ1) is 16.8. The number of halogens is 1. The normalized spacial score (nSPS) is 26.7. The second-order valence-corrected chi connectivity index (χ2v) is 8.08. The van der Waals surface area contributed by atoms with E-state index in [0.717, 1.165) is 0 Å². The molecule has 9 heteroatoms. The molecule has 1 heterocycles. The maximum Gasteiger partial charge on any atom is 0.300 e. The molecule has 4 rings (SSSR count). The molecule has 8 nitrogen and oxygen atoms in total. The minimum Gasteiger partial charge on any atom is -0.383 e. The minimum absolute atomic E-state index is 0.0133. The third-order valence-corrected chi connectivity index (χ3v) is 5.99. The van der Waals surface area contributed by atoms with Crippen LogP contribution in [-0.2, 0) is 9.68 Å². The fourth-order valence-corrected chi connectivity index (χ4v) is 4.14. The Morgan fingerprint density at radius 1 is 0.800 bits per heavy atom. The molecule has 3 aromatic rings. The quantitative estimate of drug-likeness (QED) is 0.418. The highest BCUT2D eigenvalue weighted by Crippen LogP contribution is 2.45. The van der Waals surface area contributed by atoms with Gasteiger partial charge in [-0.2, -0.15) is 0 Å². The Morgan fingerprint density at radius 3 is 1.69 bits per heavy atom. The monoisotopic (exact) mass is 480 g/mol. The topological polar surface area (TPSA) is 130 Å². The van der Waals surface area contributed by atoms with Gasteiger partial charge in [0.2, 0.25) is 5.78 Å². The Bertz CT molecular complexity index is 1220. The van der Waals surface area contributed by atoms with Crippen LogP contribution in [-0.4, -0.2) is 62.4 Å². The molecule has 3 N–H and O–H groups in total. The first kappa shape index (κ1) is 24.5. The van der Waals surface area contributed by atoms with Crippen LogP contribution in [0.25, 0.3) is 0 Å². The maximum absolute atomic E-state index is 14.1. The van der Waals surface area contributed by atoms with Gasteiger partial charge in [-0.05, 0) is 4.53 Å². The molecule has 1 aliphatic heterocycles. The number of ketones is 3. The van der Waals surface area contributed by atoms with E-state index < -0.39 is 47.0 Å². The summed E-state index contributed by atoms with van der Waals surface area (Å²) in [6.07, 6.45) is -7.23. The number of benzene rings is 3. The number of carbonyl (C=O) groups is 3. The van der Waals surface area contributed by atoms with Crippen molar-refractivity contribution < 1.29 is 43.9 Å². The smallest absolute Gasteiger partial charge is 0.300 e. The third-order valence-electron chi connectivity index (χ3n) is 5.99. The summed E-state index contributed by atoms with van der Waals surface area (Å²) in [6, 6.07) is 21.5. The number of aliphatic hydroxyl groups is 3. The van der Waals surface area contributed by atoms with Crippen molar-refractivity contribution in [1.29, 1.82) is 0 Å². The Morgan fingerprint density at radius 2 is 1.23 bits per heavy atom. The summed E-state index contributed by atoms with van der Waals surface area (Å²) in [5.41, 5.74) is -3.49. The van der Waals surface area contributed by atoms with E-state index in [1.807, 2.05) is 0 Å². The maximum atomic E-state index is 14.1. The molecule has 1 unspecified atom stereocenters. The van der Waals surface area contributed by atoms with Gasteiger partial charge in [-0.3, -0.25) is 14.4 Å². The summed E-state index contributed by atoms with van der Waals surface area (Å²) in [5, 5.41) is 33.5. The van der Waals surface area contributed by atoms with Crippen LogP contribution in [0.1, 0.15) is 31.1 Å². The van der Waals surface area contributed by atoms with E-state index in [1.54, 1.807) is 18.2 Å². The molecule has 5 atom stereocenters. The Kier molecular flexibility index (Phi) is 6.70. The van der Waals surface area contributed by atoms with Gasteiger partial charge >= 0.3 is 5.79 Å². The van der Waals surface area contributed by atoms with Gasteiger partial charge in [-0.15, -0.1) is 4.94 Å². The van der Waals surface area contributed by atoms with E-state index in [0.29, 0.717) is 0 Å². The molecule has 1 aliphatic rings. The highest BCUT2D eigenvalue weighted by atomic mass is 19.3. The molecule has 35 heavy (non-hydrogen) atoms. The van der Waals surface area contributed by atoms with Crippen LogP contribution in [0, 0.1) is 0 Å². The van der Waals surface area contributed by atoms with Crippen molar-refractivity contribution in [2.75, 3.05) is 0 Å². The van der Waals surface area contributed by atoms with Gasteiger partial charge in [0.1, 0.15) is 12.2 Å². The first-order valence-corrected chi connectivity index (χ1v) is 10.6. The zero-order chi connectivity index (χ0) is 25.2. The van der Waals surface area contributed by atoms with Gasteiger partial charge < -0.3 is 20.1 Å². The molecule has 0 amide bonds. The average molecular weight is 480 g/mol. The number of ether oxygens (including phenoxy) is 1. The predicted molar refractivity (Wildman–Crippen MR) is 119 cm³/mol. The van der Waals surface area contributed by atoms with Gasteiger partial charge in [0.15, 0.2) is 23.3 Å². The summed E-state index contributed by atoms with van der Waals surface area (Å²) in [5.74, 6) is -6.73. The van der Waals surface area contributed by atoms with Crippen LogP contribution < -0.4 is 0 Å². The highest BCUT2D eigenvalue weighted by Gasteiger charge is 2.73. The van der Waals surface area contributed by atoms with E-state index in [-0.39, 0.29) is 16.7 Å². The molecule has 0 aliphatic carbocycles. The SMILES string of the molecule is O=C(c1ccccc1)C(O)[C@@H]1O[C@](OF)(C(=O)c2ccccc2)[C@H](O)[C@]1(O)C(=O)c1ccccc1. The van der Waals surface area contributed by atoms with Gasteiger partial charge in [0.25, 0.3) is 0 Å². The largest absolute Gasteiger partial charge is 0.383 e. The lowest BCUT2D eigenvalue weighted by Gasteiger charge is -2.31. The van der Waals surface area contributed by atoms with Crippen molar-refractivity contribution in [2.24, 2.45) is 0 Å². The molecular formula is C26H21FO8. The van der Waals surface area contributed by atoms with E-state index in [1.165, 1.54) is 72.8 Å². The van der Waals surface area contributed by atoms with E-state index in [4.69, 9.17) is 4.74 Å². The molecule has 0 saturated carbocycles. The van der Waals surface area contributed by atoms with Gasteiger partial charge in [0.05, 0.1) is 0 Å². The Hall–Kier alpha value is -3.60. The van der Waals surface area contributed by atoms with Gasteiger partial charge in [-0.1, -0.05) is 91.0 Å². The van der Waals surface area contributed by atoms with Crippen LogP contribution in [0.5, 0.6) is 0 Å². The van der Waals surface area contributed by atoms with Crippen molar-refractivity contribution >= 4 is 17.3 Å². The van der Waals surface area contributed by atoms with Crippen LogP contribution >= 0.6 is 0 Å². The number of hydrogen-bond donors (Lipinski definition) is 3. The zero-order valence-electron chi connectivity index (χ0n) is 18.2. The second kappa shape index (κ2) is 9.57. The number of carbonyl (C=O) groups excluding carboxylic acids is 3. The molecule has 180 valence electrons. The van der Waals surface area contributed by atoms with Crippen LogP contribution in [0.3, 0.4) is 0 Å².